The van der Waals surface area contributed by atoms with Crippen molar-refractivity contribution in [3.05, 3.63) is 30.3 Å². The van der Waals surface area contributed by atoms with E-state index in [0.717, 1.165) is 37.8 Å². The molecule has 1 heterocycles. The zero-order valence-electron chi connectivity index (χ0n) is 12.8. The third-order valence-electron chi connectivity index (χ3n) is 3.82. The second kappa shape index (κ2) is 8.28. The van der Waals surface area contributed by atoms with E-state index >= 15 is 0 Å². The normalized spacial score (nSPS) is 19.6. The molecular formula is C17H28N2O. The van der Waals surface area contributed by atoms with Crippen LogP contribution in [0.5, 0.6) is 5.75 Å². The third-order valence-corrected chi connectivity index (χ3v) is 3.82. The minimum absolute atomic E-state index is 0.600. The molecule has 1 N–H and O–H groups in total. The Hall–Kier alpha value is -1.06. The molecule has 0 amide bonds. The van der Waals surface area contributed by atoms with E-state index in [1.54, 1.807) is 0 Å². The zero-order chi connectivity index (χ0) is 14.2. The fraction of sp³-hybridized carbons (Fsp3) is 0.647. The molecule has 3 heteroatoms. The molecule has 0 aromatic heterocycles. The summed E-state index contributed by atoms with van der Waals surface area (Å²) < 4.78 is 5.73. The van der Waals surface area contributed by atoms with Crippen LogP contribution in [0.1, 0.15) is 26.7 Å². The van der Waals surface area contributed by atoms with Crippen molar-refractivity contribution in [3.63, 3.8) is 0 Å². The van der Waals surface area contributed by atoms with Gasteiger partial charge in [-0.1, -0.05) is 32.0 Å². The number of nitrogens with one attached hydrogen (secondary N) is 1. The molecule has 1 aliphatic heterocycles. The van der Waals surface area contributed by atoms with E-state index in [9.17, 15) is 0 Å². The summed E-state index contributed by atoms with van der Waals surface area (Å²) in [6, 6.07) is 10.7. The SMILES string of the molecule is CC(C)NCC1CCN(CCCOc2ccccc2)C1. The standard InChI is InChI=1S/C17H28N2O/c1-15(2)18-13-16-9-11-19(14-16)10-6-12-20-17-7-4-3-5-8-17/h3-5,7-8,15-16,18H,6,9-14H2,1-2H3. The lowest BCUT2D eigenvalue weighted by Crippen LogP contribution is -2.31. The highest BCUT2D eigenvalue weighted by atomic mass is 16.5. The van der Waals surface area contributed by atoms with Gasteiger partial charge in [0.15, 0.2) is 0 Å². The smallest absolute Gasteiger partial charge is 0.119 e. The van der Waals surface area contributed by atoms with Gasteiger partial charge in [-0.25, -0.2) is 0 Å². The summed E-state index contributed by atoms with van der Waals surface area (Å²) >= 11 is 0. The number of benzene rings is 1. The lowest BCUT2D eigenvalue weighted by atomic mass is 10.1. The first-order valence-corrected chi connectivity index (χ1v) is 7.87. The Bertz CT molecular complexity index is 367. The van der Waals surface area contributed by atoms with Gasteiger partial charge in [-0.05, 0) is 44.0 Å². The van der Waals surface area contributed by atoms with E-state index in [1.807, 2.05) is 30.3 Å². The predicted molar refractivity (Wildman–Crippen MR) is 84.2 cm³/mol. The van der Waals surface area contributed by atoms with Crippen molar-refractivity contribution in [2.75, 3.05) is 32.8 Å². The molecule has 0 bridgehead atoms. The first-order valence-electron chi connectivity index (χ1n) is 7.87. The Labute approximate surface area is 123 Å². The Morgan fingerprint density at radius 2 is 2.10 bits per heavy atom. The van der Waals surface area contributed by atoms with Crippen molar-refractivity contribution in [1.29, 1.82) is 0 Å². The average Bonchev–Trinajstić information content (AvgIpc) is 2.90. The number of rotatable bonds is 8. The van der Waals surface area contributed by atoms with E-state index in [0.29, 0.717) is 6.04 Å². The molecule has 1 atom stereocenters. The molecule has 1 aromatic carbocycles. The van der Waals surface area contributed by atoms with E-state index in [1.165, 1.54) is 19.5 Å². The van der Waals surface area contributed by atoms with Crippen LogP contribution >= 0.6 is 0 Å². The maximum atomic E-state index is 5.73. The van der Waals surface area contributed by atoms with Crippen LogP contribution < -0.4 is 10.1 Å². The van der Waals surface area contributed by atoms with Crippen LogP contribution in [-0.2, 0) is 0 Å². The lowest BCUT2D eigenvalue weighted by molar-refractivity contribution is 0.257. The van der Waals surface area contributed by atoms with Crippen LogP contribution in [0, 0.1) is 5.92 Å². The van der Waals surface area contributed by atoms with Crippen LogP contribution in [-0.4, -0.2) is 43.7 Å². The average molecular weight is 276 g/mol. The number of likely N-dealkylation sites (tertiary alicyclic amines) is 1. The molecule has 0 spiro atoms. The topological polar surface area (TPSA) is 24.5 Å². The first-order chi connectivity index (χ1) is 9.74. The van der Waals surface area contributed by atoms with Crippen molar-refractivity contribution >= 4 is 0 Å². The Balaban J connectivity index is 1.54. The number of ether oxygens (including phenoxy) is 1. The summed E-state index contributed by atoms with van der Waals surface area (Å²) in [5.74, 6) is 1.81. The summed E-state index contributed by atoms with van der Waals surface area (Å²) in [4.78, 5) is 2.57. The summed E-state index contributed by atoms with van der Waals surface area (Å²) in [6.07, 6.45) is 2.44. The van der Waals surface area contributed by atoms with Crippen LogP contribution in [0.25, 0.3) is 0 Å². The molecule has 2 rings (SSSR count). The summed E-state index contributed by atoms with van der Waals surface area (Å²) in [5.41, 5.74) is 0. The summed E-state index contributed by atoms with van der Waals surface area (Å²) in [6.45, 7) is 10.1. The van der Waals surface area contributed by atoms with Gasteiger partial charge < -0.3 is 15.0 Å². The van der Waals surface area contributed by atoms with E-state index in [2.05, 4.69) is 24.1 Å². The Kier molecular flexibility index (Phi) is 6.34. The van der Waals surface area contributed by atoms with Crippen molar-refractivity contribution in [3.8, 4) is 5.75 Å². The number of hydrogen-bond acceptors (Lipinski definition) is 3. The van der Waals surface area contributed by atoms with Gasteiger partial charge in [0.25, 0.3) is 0 Å². The van der Waals surface area contributed by atoms with Crippen molar-refractivity contribution in [2.24, 2.45) is 5.92 Å². The quantitative estimate of drug-likeness (QED) is 0.739. The third kappa shape index (κ3) is 5.51. The van der Waals surface area contributed by atoms with Crippen molar-refractivity contribution < 1.29 is 4.74 Å². The van der Waals surface area contributed by atoms with E-state index in [4.69, 9.17) is 4.74 Å². The maximum Gasteiger partial charge on any atom is 0.119 e. The second-order valence-corrected chi connectivity index (χ2v) is 6.03. The number of para-hydroxylation sites is 1. The fourth-order valence-corrected chi connectivity index (χ4v) is 2.68. The van der Waals surface area contributed by atoms with E-state index in [-0.39, 0.29) is 0 Å². The summed E-state index contributed by atoms with van der Waals surface area (Å²) in [7, 11) is 0. The lowest BCUT2D eigenvalue weighted by Gasteiger charge is -2.17. The largest absolute Gasteiger partial charge is 0.494 e. The molecule has 3 nitrogen and oxygen atoms in total. The highest BCUT2D eigenvalue weighted by molar-refractivity contribution is 5.20. The van der Waals surface area contributed by atoms with Crippen LogP contribution in [0.3, 0.4) is 0 Å². The monoisotopic (exact) mass is 276 g/mol. The Morgan fingerprint density at radius 3 is 2.85 bits per heavy atom. The Morgan fingerprint density at radius 1 is 1.30 bits per heavy atom. The minimum atomic E-state index is 0.600. The maximum absolute atomic E-state index is 5.73. The van der Waals surface area contributed by atoms with Gasteiger partial charge >= 0.3 is 0 Å². The van der Waals surface area contributed by atoms with Crippen molar-refractivity contribution in [2.45, 2.75) is 32.7 Å². The van der Waals surface area contributed by atoms with Crippen LogP contribution in [0.2, 0.25) is 0 Å². The highest BCUT2D eigenvalue weighted by Gasteiger charge is 2.21. The molecule has 0 saturated carbocycles. The molecule has 1 saturated heterocycles. The molecule has 0 aliphatic carbocycles. The molecule has 1 aromatic rings. The van der Waals surface area contributed by atoms with Crippen molar-refractivity contribution in [1.82, 2.24) is 10.2 Å². The molecule has 1 aliphatic rings. The van der Waals surface area contributed by atoms with Crippen LogP contribution in [0.15, 0.2) is 30.3 Å². The molecule has 1 unspecified atom stereocenters. The zero-order valence-corrected chi connectivity index (χ0v) is 12.8. The number of nitrogens with zero attached hydrogens (tertiary/aromatic N) is 1. The molecule has 112 valence electrons. The molecule has 20 heavy (non-hydrogen) atoms. The van der Waals surface area contributed by atoms with Gasteiger partial charge in [0.1, 0.15) is 5.75 Å². The summed E-state index contributed by atoms with van der Waals surface area (Å²) in [5, 5.41) is 3.55. The molecule has 1 fully saturated rings. The molecule has 0 radical (unpaired) electrons. The van der Waals surface area contributed by atoms with Gasteiger partial charge in [-0.2, -0.15) is 0 Å². The van der Waals surface area contributed by atoms with Gasteiger partial charge in [0, 0.05) is 19.1 Å². The van der Waals surface area contributed by atoms with Gasteiger partial charge in [-0.3, -0.25) is 0 Å². The predicted octanol–water partition coefficient (Wildman–Crippen LogP) is 2.78. The first kappa shape index (κ1) is 15.3. The van der Waals surface area contributed by atoms with Crippen LogP contribution in [0.4, 0.5) is 0 Å². The second-order valence-electron chi connectivity index (χ2n) is 6.03. The van der Waals surface area contributed by atoms with Gasteiger partial charge in [-0.15, -0.1) is 0 Å². The fourth-order valence-electron chi connectivity index (χ4n) is 2.68. The number of hydrogen-bond donors (Lipinski definition) is 1. The minimum Gasteiger partial charge on any atom is -0.494 e. The molecular weight excluding hydrogens is 248 g/mol. The highest BCUT2D eigenvalue weighted by Crippen LogP contribution is 2.16. The van der Waals surface area contributed by atoms with E-state index < -0.39 is 0 Å². The van der Waals surface area contributed by atoms with Gasteiger partial charge in [0.05, 0.1) is 6.61 Å². The van der Waals surface area contributed by atoms with Gasteiger partial charge in [0.2, 0.25) is 0 Å².